The lowest BCUT2D eigenvalue weighted by atomic mass is 10.0. The van der Waals surface area contributed by atoms with Crippen LogP contribution in [-0.2, 0) is 32.6 Å². The Hall–Kier alpha value is -4.63. The van der Waals surface area contributed by atoms with Crippen molar-refractivity contribution < 1.29 is 22.7 Å². The van der Waals surface area contributed by atoms with Crippen LogP contribution in [0.3, 0.4) is 0 Å². The summed E-state index contributed by atoms with van der Waals surface area (Å²) in [5, 5.41) is 2.69. The van der Waals surface area contributed by atoms with Crippen LogP contribution in [0, 0.1) is 6.92 Å². The summed E-state index contributed by atoms with van der Waals surface area (Å²) in [6, 6.07) is 30.8. The number of benzene rings is 4. The van der Waals surface area contributed by atoms with Crippen molar-refractivity contribution in [3.8, 4) is 5.75 Å². The summed E-state index contributed by atoms with van der Waals surface area (Å²) in [5.74, 6) is -0.318. The number of nitrogens with zero attached hydrogens (tertiary/aromatic N) is 2. The lowest BCUT2D eigenvalue weighted by molar-refractivity contribution is -0.139. The molecule has 218 valence electrons. The van der Waals surface area contributed by atoms with Gasteiger partial charge in [-0.2, -0.15) is 0 Å². The zero-order valence-electron chi connectivity index (χ0n) is 23.9. The van der Waals surface area contributed by atoms with Gasteiger partial charge in [0, 0.05) is 20.0 Å². The third-order valence-corrected chi connectivity index (χ3v) is 8.75. The zero-order valence-corrected chi connectivity index (χ0v) is 24.8. The van der Waals surface area contributed by atoms with Crippen LogP contribution in [0.4, 0.5) is 5.69 Å². The summed E-state index contributed by atoms with van der Waals surface area (Å²) in [6.07, 6.45) is 0.256. The molecule has 0 heterocycles. The fourth-order valence-electron chi connectivity index (χ4n) is 4.62. The molecule has 0 bridgehead atoms. The average molecular weight is 586 g/mol. The summed E-state index contributed by atoms with van der Waals surface area (Å²) in [4.78, 5) is 29.0. The Balaban J connectivity index is 1.77. The molecule has 0 spiro atoms. The standard InChI is InChI=1S/C33H35N3O5S/c1-25-14-20-30(21-15-25)42(39,40)36(28-16-18-29(41-3)19-17-28)24-32(37)35(23-27-12-8-5-9-13-27)31(33(38)34-2)22-26-10-6-4-7-11-26/h4-21,31H,22-24H2,1-3H3,(H,34,38). The van der Waals surface area contributed by atoms with Crippen molar-refractivity contribution in [3.63, 3.8) is 0 Å². The summed E-state index contributed by atoms with van der Waals surface area (Å²) in [5.41, 5.74) is 2.88. The Morgan fingerprint density at radius 1 is 0.810 bits per heavy atom. The van der Waals surface area contributed by atoms with Gasteiger partial charge in [0.15, 0.2) is 0 Å². The van der Waals surface area contributed by atoms with Crippen LogP contribution < -0.4 is 14.4 Å². The molecule has 0 aliphatic heterocycles. The number of nitrogens with one attached hydrogen (secondary N) is 1. The predicted octanol–water partition coefficient (Wildman–Crippen LogP) is 4.59. The van der Waals surface area contributed by atoms with Crippen LogP contribution in [0.2, 0.25) is 0 Å². The molecule has 0 saturated heterocycles. The molecule has 9 heteroatoms. The summed E-state index contributed by atoms with van der Waals surface area (Å²) >= 11 is 0. The topological polar surface area (TPSA) is 96.0 Å². The average Bonchev–Trinajstić information content (AvgIpc) is 3.02. The van der Waals surface area contributed by atoms with E-state index in [4.69, 9.17) is 4.74 Å². The quantitative estimate of drug-likeness (QED) is 0.263. The maximum atomic E-state index is 14.3. The maximum Gasteiger partial charge on any atom is 0.264 e. The summed E-state index contributed by atoms with van der Waals surface area (Å²) in [6.45, 7) is 1.47. The maximum absolute atomic E-state index is 14.3. The molecule has 4 aromatic carbocycles. The first kappa shape index (κ1) is 30.3. The highest BCUT2D eigenvalue weighted by Gasteiger charge is 2.34. The molecule has 0 aliphatic rings. The monoisotopic (exact) mass is 585 g/mol. The normalized spacial score (nSPS) is 11.8. The molecule has 8 nitrogen and oxygen atoms in total. The molecular formula is C33H35N3O5S. The largest absolute Gasteiger partial charge is 0.497 e. The number of likely N-dealkylation sites (N-methyl/N-ethyl adjacent to an activating group) is 1. The Morgan fingerprint density at radius 2 is 1.38 bits per heavy atom. The molecule has 1 unspecified atom stereocenters. The number of hydrogen-bond donors (Lipinski definition) is 1. The second-order valence-corrected chi connectivity index (χ2v) is 11.7. The van der Waals surface area contributed by atoms with E-state index in [1.807, 2.05) is 67.6 Å². The van der Waals surface area contributed by atoms with Gasteiger partial charge in [0.05, 0.1) is 17.7 Å². The number of ether oxygens (including phenoxy) is 1. The van der Waals surface area contributed by atoms with E-state index in [0.29, 0.717) is 11.4 Å². The van der Waals surface area contributed by atoms with Crippen LogP contribution in [0.25, 0.3) is 0 Å². The molecule has 0 saturated carbocycles. The highest BCUT2D eigenvalue weighted by atomic mass is 32.2. The van der Waals surface area contributed by atoms with Crippen LogP contribution in [-0.4, -0.2) is 51.9 Å². The number of aryl methyl sites for hydroxylation is 1. The molecule has 0 aliphatic carbocycles. The molecule has 1 atom stereocenters. The molecule has 4 aromatic rings. The van der Waals surface area contributed by atoms with Gasteiger partial charge in [-0.25, -0.2) is 8.42 Å². The Bertz CT molecular complexity index is 1580. The number of rotatable bonds is 12. The van der Waals surface area contributed by atoms with E-state index < -0.39 is 28.5 Å². The van der Waals surface area contributed by atoms with E-state index in [1.165, 1.54) is 31.2 Å². The second kappa shape index (κ2) is 13.8. The minimum Gasteiger partial charge on any atom is -0.497 e. The van der Waals surface area contributed by atoms with Crippen LogP contribution in [0.1, 0.15) is 16.7 Å². The second-order valence-electron chi connectivity index (χ2n) is 9.85. The minimum atomic E-state index is -4.16. The lowest BCUT2D eigenvalue weighted by Gasteiger charge is -2.33. The number of carbonyl (C=O) groups excluding carboxylic acids is 2. The van der Waals surface area contributed by atoms with Gasteiger partial charge in [0.2, 0.25) is 11.8 Å². The van der Waals surface area contributed by atoms with Crippen molar-refractivity contribution >= 4 is 27.5 Å². The predicted molar refractivity (Wildman–Crippen MR) is 164 cm³/mol. The first-order valence-electron chi connectivity index (χ1n) is 13.6. The van der Waals surface area contributed by atoms with E-state index >= 15 is 0 Å². The minimum absolute atomic E-state index is 0.0541. The van der Waals surface area contributed by atoms with Crippen molar-refractivity contribution in [2.75, 3.05) is 25.0 Å². The van der Waals surface area contributed by atoms with E-state index in [-0.39, 0.29) is 23.8 Å². The van der Waals surface area contributed by atoms with Crippen LogP contribution >= 0.6 is 0 Å². The number of methoxy groups -OCH3 is 1. The van der Waals surface area contributed by atoms with Gasteiger partial charge in [0.1, 0.15) is 18.3 Å². The van der Waals surface area contributed by atoms with Gasteiger partial charge in [-0.3, -0.25) is 13.9 Å². The van der Waals surface area contributed by atoms with E-state index in [1.54, 1.807) is 36.4 Å². The van der Waals surface area contributed by atoms with Gasteiger partial charge < -0.3 is 15.0 Å². The lowest BCUT2D eigenvalue weighted by Crippen LogP contribution is -2.53. The van der Waals surface area contributed by atoms with Crippen molar-refractivity contribution in [1.82, 2.24) is 10.2 Å². The summed E-state index contributed by atoms with van der Waals surface area (Å²) < 4.78 is 34.4. The highest BCUT2D eigenvalue weighted by molar-refractivity contribution is 7.92. The fraction of sp³-hybridized carbons (Fsp3) is 0.212. The van der Waals surface area contributed by atoms with E-state index in [0.717, 1.165) is 21.0 Å². The smallest absolute Gasteiger partial charge is 0.264 e. The number of carbonyl (C=O) groups is 2. The Kier molecular flexibility index (Phi) is 9.98. The van der Waals surface area contributed by atoms with Crippen molar-refractivity contribution in [3.05, 3.63) is 126 Å². The Labute approximate surface area is 247 Å². The third kappa shape index (κ3) is 7.36. The molecule has 0 fully saturated rings. The van der Waals surface area contributed by atoms with Gasteiger partial charge in [0.25, 0.3) is 10.0 Å². The summed E-state index contributed by atoms with van der Waals surface area (Å²) in [7, 11) is -1.11. The van der Waals surface area contributed by atoms with Crippen molar-refractivity contribution in [2.45, 2.75) is 30.8 Å². The molecule has 0 radical (unpaired) electrons. The molecule has 1 N–H and O–H groups in total. The third-order valence-electron chi connectivity index (χ3n) is 6.96. The molecule has 2 amide bonds. The van der Waals surface area contributed by atoms with E-state index in [2.05, 4.69) is 5.32 Å². The van der Waals surface area contributed by atoms with Crippen LogP contribution in [0.5, 0.6) is 5.75 Å². The Morgan fingerprint density at radius 3 is 1.93 bits per heavy atom. The number of amides is 2. The van der Waals surface area contributed by atoms with E-state index in [9.17, 15) is 18.0 Å². The molecule has 4 rings (SSSR count). The van der Waals surface area contributed by atoms with Gasteiger partial charge in [-0.1, -0.05) is 78.4 Å². The first-order chi connectivity index (χ1) is 20.2. The van der Waals surface area contributed by atoms with Crippen LogP contribution in [0.15, 0.2) is 114 Å². The number of anilines is 1. The molecule has 42 heavy (non-hydrogen) atoms. The molecular weight excluding hydrogens is 550 g/mol. The first-order valence-corrected chi connectivity index (χ1v) is 15.0. The number of hydrogen-bond acceptors (Lipinski definition) is 5. The van der Waals surface area contributed by atoms with Gasteiger partial charge in [-0.05, 0) is 54.4 Å². The number of sulfonamides is 1. The fourth-order valence-corrected chi connectivity index (χ4v) is 6.03. The van der Waals surface area contributed by atoms with Crippen molar-refractivity contribution in [2.24, 2.45) is 0 Å². The highest BCUT2D eigenvalue weighted by Crippen LogP contribution is 2.27. The molecule has 0 aromatic heterocycles. The van der Waals surface area contributed by atoms with Gasteiger partial charge in [-0.15, -0.1) is 0 Å². The van der Waals surface area contributed by atoms with Crippen molar-refractivity contribution in [1.29, 1.82) is 0 Å². The SMILES string of the molecule is CNC(=O)C(Cc1ccccc1)N(Cc1ccccc1)C(=O)CN(c1ccc(OC)cc1)S(=O)(=O)c1ccc(C)cc1. The van der Waals surface area contributed by atoms with Gasteiger partial charge >= 0.3 is 0 Å². The zero-order chi connectivity index (χ0) is 30.1.